The third-order valence-electron chi connectivity index (χ3n) is 4.69. The van der Waals surface area contributed by atoms with Crippen LogP contribution in [0.5, 0.6) is 5.75 Å². The van der Waals surface area contributed by atoms with Crippen LogP contribution in [0.4, 0.5) is 10.5 Å². The SMILES string of the molecule is O=C(O)CCCOc1ccc(Cl)c2c1C1(CCCCC1)NC(=O)N2. The lowest BCUT2D eigenvalue weighted by Crippen LogP contribution is -2.52. The van der Waals surface area contributed by atoms with Crippen molar-refractivity contribution in [1.29, 1.82) is 0 Å². The number of aliphatic carboxylic acids is 1. The fourth-order valence-electron chi connectivity index (χ4n) is 3.64. The topological polar surface area (TPSA) is 87.7 Å². The number of ether oxygens (including phenoxy) is 1. The standard InChI is InChI=1S/C17H21ClN2O4/c18-11-6-7-12(24-10-4-5-13(21)22)14-15(11)19-16(23)20-17(14)8-2-1-3-9-17/h6-7H,1-5,8-10H2,(H,21,22)(H2,19,20,23). The van der Waals surface area contributed by atoms with Crippen LogP contribution in [0, 0.1) is 0 Å². The Morgan fingerprint density at radius 2 is 2.04 bits per heavy atom. The van der Waals surface area contributed by atoms with E-state index in [1.165, 1.54) is 0 Å². The third-order valence-corrected chi connectivity index (χ3v) is 5.00. The molecule has 1 spiro atoms. The summed E-state index contributed by atoms with van der Waals surface area (Å²) in [4.78, 5) is 22.7. The second kappa shape index (κ2) is 6.89. The van der Waals surface area contributed by atoms with Gasteiger partial charge in [-0.15, -0.1) is 0 Å². The number of carboxylic acids is 1. The van der Waals surface area contributed by atoms with E-state index in [1.807, 2.05) is 0 Å². The van der Waals surface area contributed by atoms with E-state index < -0.39 is 11.5 Å². The van der Waals surface area contributed by atoms with Gasteiger partial charge in [0.15, 0.2) is 0 Å². The first-order valence-corrected chi connectivity index (χ1v) is 8.66. The average Bonchev–Trinajstić information content (AvgIpc) is 2.54. The number of anilines is 1. The van der Waals surface area contributed by atoms with Crippen LogP contribution in [0.3, 0.4) is 0 Å². The van der Waals surface area contributed by atoms with E-state index in [0.29, 0.717) is 29.5 Å². The third kappa shape index (κ3) is 3.29. The Hall–Kier alpha value is -1.95. The Kier molecular flexibility index (Phi) is 4.85. The van der Waals surface area contributed by atoms with Crippen molar-refractivity contribution in [1.82, 2.24) is 5.32 Å². The first-order chi connectivity index (χ1) is 11.5. The Balaban J connectivity index is 1.92. The molecule has 130 valence electrons. The normalized spacial score (nSPS) is 18.5. The largest absolute Gasteiger partial charge is 0.493 e. The van der Waals surface area contributed by atoms with E-state index in [4.69, 9.17) is 21.4 Å². The lowest BCUT2D eigenvalue weighted by Gasteiger charge is -2.43. The molecule has 1 aliphatic heterocycles. The Morgan fingerprint density at radius 3 is 2.75 bits per heavy atom. The molecule has 1 aromatic carbocycles. The molecule has 0 unspecified atom stereocenters. The van der Waals surface area contributed by atoms with Crippen molar-refractivity contribution >= 4 is 29.3 Å². The van der Waals surface area contributed by atoms with E-state index >= 15 is 0 Å². The summed E-state index contributed by atoms with van der Waals surface area (Å²) in [5.74, 6) is -0.177. The van der Waals surface area contributed by atoms with Crippen molar-refractivity contribution < 1.29 is 19.4 Å². The lowest BCUT2D eigenvalue weighted by atomic mass is 9.74. The molecule has 2 amide bonds. The summed E-state index contributed by atoms with van der Waals surface area (Å²) >= 11 is 6.31. The van der Waals surface area contributed by atoms with Crippen LogP contribution in [0.25, 0.3) is 0 Å². The molecular formula is C17H21ClN2O4. The molecule has 1 fully saturated rings. The van der Waals surface area contributed by atoms with Gasteiger partial charge < -0.3 is 20.5 Å². The zero-order valence-corrected chi connectivity index (χ0v) is 14.1. The van der Waals surface area contributed by atoms with Gasteiger partial charge in [0.25, 0.3) is 0 Å². The average molecular weight is 353 g/mol. The van der Waals surface area contributed by atoms with Crippen LogP contribution >= 0.6 is 11.6 Å². The number of nitrogens with one attached hydrogen (secondary N) is 2. The van der Waals surface area contributed by atoms with Gasteiger partial charge in [-0.2, -0.15) is 0 Å². The number of hydrogen-bond acceptors (Lipinski definition) is 3. The highest BCUT2D eigenvalue weighted by atomic mass is 35.5. The predicted molar refractivity (Wildman–Crippen MR) is 90.7 cm³/mol. The molecule has 1 heterocycles. The maximum atomic E-state index is 12.1. The molecule has 3 rings (SSSR count). The number of amides is 2. The first-order valence-electron chi connectivity index (χ1n) is 8.28. The predicted octanol–water partition coefficient (Wildman–Crippen LogP) is 3.88. The highest BCUT2D eigenvalue weighted by molar-refractivity contribution is 6.34. The number of carboxylic acid groups (broad SMARTS) is 1. The molecule has 7 heteroatoms. The van der Waals surface area contributed by atoms with Gasteiger partial charge >= 0.3 is 12.0 Å². The van der Waals surface area contributed by atoms with E-state index in [-0.39, 0.29) is 12.5 Å². The molecule has 1 aliphatic carbocycles. The fourth-order valence-corrected chi connectivity index (χ4v) is 3.84. The van der Waals surface area contributed by atoms with Crippen molar-refractivity contribution in [3.05, 3.63) is 22.7 Å². The molecule has 0 aromatic heterocycles. The molecule has 3 N–H and O–H groups in total. The van der Waals surface area contributed by atoms with E-state index in [9.17, 15) is 9.59 Å². The summed E-state index contributed by atoms with van der Waals surface area (Å²) in [6.45, 7) is 0.310. The van der Waals surface area contributed by atoms with E-state index in [1.54, 1.807) is 12.1 Å². The maximum Gasteiger partial charge on any atom is 0.319 e. The summed E-state index contributed by atoms with van der Waals surface area (Å²) in [6.07, 6.45) is 5.40. The van der Waals surface area contributed by atoms with Gasteiger partial charge in [0.1, 0.15) is 5.75 Å². The minimum atomic E-state index is -0.839. The quantitative estimate of drug-likeness (QED) is 0.702. The number of carbonyl (C=O) groups is 2. The maximum absolute atomic E-state index is 12.1. The number of carbonyl (C=O) groups excluding carboxylic acids is 1. The minimum Gasteiger partial charge on any atom is -0.493 e. The van der Waals surface area contributed by atoms with Crippen LogP contribution in [0.2, 0.25) is 5.02 Å². The van der Waals surface area contributed by atoms with Gasteiger partial charge in [-0.05, 0) is 31.4 Å². The number of urea groups is 1. The molecule has 0 saturated heterocycles. The van der Waals surface area contributed by atoms with Crippen molar-refractivity contribution in [2.45, 2.75) is 50.5 Å². The second-order valence-electron chi connectivity index (χ2n) is 6.36. The van der Waals surface area contributed by atoms with Crippen LogP contribution in [-0.2, 0) is 10.3 Å². The summed E-state index contributed by atoms with van der Waals surface area (Å²) in [7, 11) is 0. The summed E-state index contributed by atoms with van der Waals surface area (Å²) < 4.78 is 5.86. The molecule has 0 radical (unpaired) electrons. The molecule has 0 atom stereocenters. The monoisotopic (exact) mass is 352 g/mol. The molecule has 2 aliphatic rings. The molecule has 24 heavy (non-hydrogen) atoms. The van der Waals surface area contributed by atoms with Gasteiger partial charge in [0.05, 0.1) is 22.9 Å². The molecule has 1 saturated carbocycles. The van der Waals surface area contributed by atoms with Gasteiger partial charge in [-0.3, -0.25) is 4.79 Å². The molecule has 6 nitrogen and oxygen atoms in total. The van der Waals surface area contributed by atoms with Gasteiger partial charge in [-0.1, -0.05) is 30.9 Å². The van der Waals surface area contributed by atoms with E-state index in [2.05, 4.69) is 10.6 Å². The number of benzene rings is 1. The van der Waals surface area contributed by atoms with Crippen LogP contribution < -0.4 is 15.4 Å². The first kappa shape index (κ1) is 16.9. The van der Waals surface area contributed by atoms with Crippen molar-refractivity contribution in [2.24, 2.45) is 0 Å². The van der Waals surface area contributed by atoms with Gasteiger partial charge in [-0.25, -0.2) is 4.79 Å². The zero-order valence-electron chi connectivity index (χ0n) is 13.4. The number of hydrogen-bond donors (Lipinski definition) is 3. The van der Waals surface area contributed by atoms with Crippen molar-refractivity contribution in [3.8, 4) is 5.75 Å². The molecule has 0 bridgehead atoms. The summed E-state index contributed by atoms with van der Waals surface area (Å²) in [5, 5.41) is 15.1. The fraction of sp³-hybridized carbons (Fsp3) is 0.529. The van der Waals surface area contributed by atoms with Crippen molar-refractivity contribution in [3.63, 3.8) is 0 Å². The van der Waals surface area contributed by atoms with E-state index in [0.717, 1.165) is 37.7 Å². The van der Waals surface area contributed by atoms with Crippen molar-refractivity contribution in [2.75, 3.05) is 11.9 Å². The molecular weight excluding hydrogens is 332 g/mol. The highest BCUT2D eigenvalue weighted by Gasteiger charge is 2.43. The van der Waals surface area contributed by atoms with Crippen LogP contribution in [0.1, 0.15) is 50.5 Å². The van der Waals surface area contributed by atoms with Gasteiger partial charge in [0, 0.05) is 12.0 Å². The Labute approximate surface area is 145 Å². The number of rotatable bonds is 5. The number of halogens is 1. The molecule has 1 aromatic rings. The Bertz CT molecular complexity index is 656. The second-order valence-corrected chi connectivity index (χ2v) is 6.77. The minimum absolute atomic E-state index is 0.0654. The Morgan fingerprint density at radius 1 is 1.29 bits per heavy atom. The smallest absolute Gasteiger partial charge is 0.319 e. The van der Waals surface area contributed by atoms with Crippen LogP contribution in [0.15, 0.2) is 12.1 Å². The van der Waals surface area contributed by atoms with Crippen LogP contribution in [-0.4, -0.2) is 23.7 Å². The number of fused-ring (bicyclic) bond motifs is 2. The summed E-state index contributed by atoms with van der Waals surface area (Å²) in [5.41, 5.74) is 1.05. The zero-order chi connectivity index (χ0) is 17.2. The highest BCUT2D eigenvalue weighted by Crippen LogP contribution is 2.49. The summed E-state index contributed by atoms with van der Waals surface area (Å²) in [6, 6.07) is 3.27. The lowest BCUT2D eigenvalue weighted by molar-refractivity contribution is -0.137. The van der Waals surface area contributed by atoms with Gasteiger partial charge in [0.2, 0.25) is 0 Å².